The number of aromatic nitrogens is 1. The van der Waals surface area contributed by atoms with Crippen molar-refractivity contribution >= 4 is 16.9 Å². The average Bonchev–Trinajstić information content (AvgIpc) is 2.42. The Morgan fingerprint density at radius 1 is 1.58 bits per heavy atom. The van der Waals surface area contributed by atoms with Gasteiger partial charge in [0.25, 0.3) is 6.01 Å². The largest absolute Gasteiger partial charge is 0.506 e. The summed E-state index contributed by atoms with van der Waals surface area (Å²) in [5.74, 6) is -0.0955. The first-order chi connectivity index (χ1) is 5.66. The Morgan fingerprint density at radius 2 is 2.33 bits per heavy atom. The minimum absolute atomic E-state index is 0.0955. The normalized spacial score (nSPS) is 10.8. The fourth-order valence-electron chi connectivity index (χ4n) is 1.05. The maximum atomic E-state index is 12.4. The van der Waals surface area contributed by atoms with Crippen molar-refractivity contribution in [3.63, 3.8) is 0 Å². The lowest BCUT2D eigenvalue weighted by Gasteiger charge is -1.88. The van der Waals surface area contributed by atoms with Gasteiger partial charge in [0.15, 0.2) is 5.58 Å². The Labute approximate surface area is 67.1 Å². The standard InChI is InChI=1S/C8H6FNO2/c1-4(11)5-2-7-6(10-5)3-8(9)12-7/h2-3,10-11H,1H2. The highest BCUT2D eigenvalue weighted by atomic mass is 19.1. The van der Waals surface area contributed by atoms with E-state index >= 15 is 0 Å². The van der Waals surface area contributed by atoms with Crippen LogP contribution in [0.3, 0.4) is 0 Å². The third-order valence-electron chi connectivity index (χ3n) is 1.59. The van der Waals surface area contributed by atoms with Crippen molar-refractivity contribution in [3.05, 3.63) is 30.4 Å². The molecule has 0 aromatic carbocycles. The topological polar surface area (TPSA) is 49.2 Å². The highest BCUT2D eigenvalue weighted by molar-refractivity contribution is 5.78. The number of hydrogen-bond acceptors (Lipinski definition) is 2. The van der Waals surface area contributed by atoms with E-state index in [9.17, 15) is 4.39 Å². The van der Waals surface area contributed by atoms with Gasteiger partial charge in [-0.25, -0.2) is 0 Å². The summed E-state index contributed by atoms with van der Waals surface area (Å²) in [5.41, 5.74) is 1.32. The lowest BCUT2D eigenvalue weighted by Crippen LogP contribution is -1.77. The number of nitrogens with one attached hydrogen (secondary N) is 1. The van der Waals surface area contributed by atoms with Crippen molar-refractivity contribution in [2.45, 2.75) is 0 Å². The van der Waals surface area contributed by atoms with Crippen LogP contribution in [0.2, 0.25) is 0 Å². The molecule has 0 atom stereocenters. The molecule has 0 radical (unpaired) electrons. The quantitative estimate of drug-likeness (QED) is 0.641. The molecule has 0 saturated carbocycles. The molecule has 2 rings (SSSR count). The van der Waals surface area contributed by atoms with Crippen LogP contribution >= 0.6 is 0 Å². The molecule has 2 aromatic heterocycles. The number of aliphatic hydroxyl groups excluding tert-OH is 1. The van der Waals surface area contributed by atoms with E-state index in [-0.39, 0.29) is 5.76 Å². The van der Waals surface area contributed by atoms with Crippen LogP contribution in [0, 0.1) is 6.01 Å². The second-order valence-corrected chi connectivity index (χ2v) is 2.46. The number of rotatable bonds is 1. The van der Waals surface area contributed by atoms with Crippen LogP contribution in [-0.4, -0.2) is 10.1 Å². The average molecular weight is 167 g/mol. The Morgan fingerprint density at radius 3 is 2.92 bits per heavy atom. The van der Waals surface area contributed by atoms with Crippen LogP contribution in [0.15, 0.2) is 23.1 Å². The Balaban J connectivity index is 2.64. The van der Waals surface area contributed by atoms with Crippen molar-refractivity contribution in [2.75, 3.05) is 0 Å². The van der Waals surface area contributed by atoms with Gasteiger partial charge in [-0.05, 0) is 0 Å². The van der Waals surface area contributed by atoms with Crippen molar-refractivity contribution in [2.24, 2.45) is 0 Å². The predicted octanol–water partition coefficient (Wildman–Crippen LogP) is 2.43. The summed E-state index contributed by atoms with van der Waals surface area (Å²) in [6.07, 6.45) is 0. The molecule has 0 fully saturated rings. The first-order valence-corrected chi connectivity index (χ1v) is 3.33. The Bertz CT molecular complexity index is 409. The summed E-state index contributed by atoms with van der Waals surface area (Å²) >= 11 is 0. The minimum Gasteiger partial charge on any atom is -0.506 e. The maximum Gasteiger partial charge on any atom is 0.280 e. The number of aliphatic hydroxyl groups is 1. The third kappa shape index (κ3) is 0.887. The molecule has 0 saturated heterocycles. The molecule has 0 bridgehead atoms. The molecule has 4 heteroatoms. The molecule has 0 aliphatic rings. The molecule has 12 heavy (non-hydrogen) atoms. The molecule has 2 aromatic rings. The van der Waals surface area contributed by atoms with E-state index in [2.05, 4.69) is 16.0 Å². The summed E-state index contributed by atoms with van der Waals surface area (Å²) in [5, 5.41) is 8.95. The monoisotopic (exact) mass is 167 g/mol. The maximum absolute atomic E-state index is 12.4. The lowest BCUT2D eigenvalue weighted by atomic mass is 10.4. The van der Waals surface area contributed by atoms with Crippen LogP contribution in [-0.2, 0) is 0 Å². The van der Waals surface area contributed by atoms with E-state index in [1.807, 2.05) is 0 Å². The van der Waals surface area contributed by atoms with Crippen molar-refractivity contribution < 1.29 is 13.9 Å². The van der Waals surface area contributed by atoms with Crippen LogP contribution < -0.4 is 0 Å². The molecule has 3 nitrogen and oxygen atoms in total. The Hall–Kier alpha value is -1.71. The summed E-state index contributed by atoms with van der Waals surface area (Å²) in [6.45, 7) is 3.31. The second kappa shape index (κ2) is 2.14. The molecule has 0 spiro atoms. The minimum atomic E-state index is -0.647. The smallest absolute Gasteiger partial charge is 0.280 e. The molecule has 0 unspecified atom stereocenters. The van der Waals surface area contributed by atoms with Gasteiger partial charge in [-0.2, -0.15) is 4.39 Å². The van der Waals surface area contributed by atoms with E-state index in [0.717, 1.165) is 0 Å². The zero-order valence-electron chi connectivity index (χ0n) is 6.10. The van der Waals surface area contributed by atoms with Gasteiger partial charge in [-0.3, -0.25) is 0 Å². The Kier molecular flexibility index (Phi) is 1.24. The van der Waals surface area contributed by atoms with Crippen LogP contribution in [0.4, 0.5) is 4.39 Å². The number of halogens is 1. The number of fused-ring (bicyclic) bond motifs is 1. The summed E-state index contributed by atoms with van der Waals surface area (Å²) < 4.78 is 17.1. The lowest BCUT2D eigenvalue weighted by molar-refractivity contribution is 0.381. The van der Waals surface area contributed by atoms with Gasteiger partial charge in [-0.1, -0.05) is 6.58 Å². The molecule has 2 heterocycles. The van der Waals surface area contributed by atoms with Crippen molar-refractivity contribution in [1.82, 2.24) is 4.98 Å². The molecule has 0 aliphatic heterocycles. The molecule has 0 aliphatic carbocycles. The molecule has 2 N–H and O–H groups in total. The van der Waals surface area contributed by atoms with Gasteiger partial charge < -0.3 is 14.5 Å². The zero-order valence-corrected chi connectivity index (χ0v) is 6.10. The molecule has 62 valence electrons. The van der Waals surface area contributed by atoms with E-state index in [1.54, 1.807) is 0 Å². The van der Waals surface area contributed by atoms with Gasteiger partial charge in [0.05, 0.1) is 11.2 Å². The van der Waals surface area contributed by atoms with Gasteiger partial charge in [-0.15, -0.1) is 0 Å². The number of hydrogen-bond donors (Lipinski definition) is 2. The number of H-pyrrole nitrogens is 1. The first-order valence-electron chi connectivity index (χ1n) is 3.33. The van der Waals surface area contributed by atoms with E-state index in [0.29, 0.717) is 16.8 Å². The summed E-state index contributed by atoms with van der Waals surface area (Å²) in [7, 11) is 0. The van der Waals surface area contributed by atoms with E-state index in [1.165, 1.54) is 12.1 Å². The van der Waals surface area contributed by atoms with E-state index in [4.69, 9.17) is 5.11 Å². The van der Waals surface area contributed by atoms with Crippen LogP contribution in [0.25, 0.3) is 16.9 Å². The van der Waals surface area contributed by atoms with Crippen LogP contribution in [0.1, 0.15) is 5.69 Å². The molecule has 0 amide bonds. The third-order valence-corrected chi connectivity index (χ3v) is 1.59. The zero-order chi connectivity index (χ0) is 8.72. The van der Waals surface area contributed by atoms with Gasteiger partial charge in [0.2, 0.25) is 0 Å². The second-order valence-electron chi connectivity index (χ2n) is 2.46. The van der Waals surface area contributed by atoms with Crippen LogP contribution in [0.5, 0.6) is 0 Å². The fraction of sp³-hybridized carbons (Fsp3) is 0. The van der Waals surface area contributed by atoms with Gasteiger partial charge in [0.1, 0.15) is 5.76 Å². The molecular formula is C8H6FNO2. The highest BCUT2D eigenvalue weighted by Gasteiger charge is 2.07. The predicted molar refractivity (Wildman–Crippen MR) is 42.2 cm³/mol. The number of aromatic amines is 1. The molecular weight excluding hydrogens is 161 g/mol. The highest BCUT2D eigenvalue weighted by Crippen LogP contribution is 2.21. The summed E-state index contributed by atoms with van der Waals surface area (Å²) in [4.78, 5) is 2.73. The van der Waals surface area contributed by atoms with Gasteiger partial charge >= 0.3 is 0 Å². The van der Waals surface area contributed by atoms with Crippen molar-refractivity contribution in [3.8, 4) is 0 Å². The van der Waals surface area contributed by atoms with Gasteiger partial charge in [0, 0.05) is 12.1 Å². The number of furan rings is 1. The summed E-state index contributed by atoms with van der Waals surface area (Å²) in [6, 6.07) is 2.05. The SMILES string of the molecule is C=C(O)c1cc2oc(F)cc2[nH]1. The van der Waals surface area contributed by atoms with Crippen molar-refractivity contribution in [1.29, 1.82) is 0 Å². The van der Waals surface area contributed by atoms with E-state index < -0.39 is 6.01 Å². The fourth-order valence-corrected chi connectivity index (χ4v) is 1.05. The first kappa shape index (κ1) is 6.97.